The minimum Gasteiger partial charge on any atom is -0.391 e. The Balaban J connectivity index is 2.04. The van der Waals surface area contributed by atoms with Gasteiger partial charge in [0.25, 0.3) is 0 Å². The van der Waals surface area contributed by atoms with Gasteiger partial charge in [0, 0.05) is 25.5 Å². The monoisotopic (exact) mass is 232 g/mol. The number of piperidine rings is 1. The largest absolute Gasteiger partial charge is 0.391 e. The Morgan fingerprint density at radius 2 is 2.35 bits per heavy atom. The van der Waals surface area contributed by atoms with Crippen molar-refractivity contribution in [3.63, 3.8) is 0 Å². The Bertz CT molecular complexity index is 536. The SMILES string of the molecule is Cc1cc2c(N3CCC[C@H](O)C3)nccn2n1. The zero-order valence-corrected chi connectivity index (χ0v) is 9.87. The first-order chi connectivity index (χ1) is 8.24. The molecular formula is C12H16N4O. The number of fused-ring (bicyclic) bond motifs is 1. The van der Waals surface area contributed by atoms with E-state index in [9.17, 15) is 5.11 Å². The van der Waals surface area contributed by atoms with E-state index in [4.69, 9.17) is 0 Å². The Hall–Kier alpha value is -1.62. The van der Waals surface area contributed by atoms with Crippen molar-refractivity contribution in [2.24, 2.45) is 0 Å². The first kappa shape index (κ1) is 10.5. The zero-order chi connectivity index (χ0) is 11.8. The number of rotatable bonds is 1. The van der Waals surface area contributed by atoms with Gasteiger partial charge in [0.15, 0.2) is 5.82 Å². The third kappa shape index (κ3) is 1.86. The van der Waals surface area contributed by atoms with Crippen LogP contribution in [0.25, 0.3) is 5.52 Å². The zero-order valence-electron chi connectivity index (χ0n) is 9.87. The van der Waals surface area contributed by atoms with Crippen molar-refractivity contribution in [3.8, 4) is 0 Å². The van der Waals surface area contributed by atoms with Crippen molar-refractivity contribution in [1.82, 2.24) is 14.6 Å². The molecule has 1 atom stereocenters. The van der Waals surface area contributed by atoms with E-state index in [-0.39, 0.29) is 6.10 Å². The molecule has 0 radical (unpaired) electrons. The average molecular weight is 232 g/mol. The molecular weight excluding hydrogens is 216 g/mol. The van der Waals surface area contributed by atoms with Crippen molar-refractivity contribution in [2.75, 3.05) is 18.0 Å². The number of hydrogen-bond donors (Lipinski definition) is 1. The van der Waals surface area contributed by atoms with Crippen LogP contribution in [-0.4, -0.2) is 38.9 Å². The summed E-state index contributed by atoms with van der Waals surface area (Å²) in [5.74, 6) is 0.923. The third-order valence-corrected chi connectivity index (χ3v) is 3.19. The van der Waals surface area contributed by atoms with Gasteiger partial charge in [-0.25, -0.2) is 9.50 Å². The quantitative estimate of drug-likeness (QED) is 0.797. The lowest BCUT2D eigenvalue weighted by atomic mass is 10.1. The van der Waals surface area contributed by atoms with Crippen molar-refractivity contribution in [1.29, 1.82) is 0 Å². The molecule has 17 heavy (non-hydrogen) atoms. The summed E-state index contributed by atoms with van der Waals surface area (Å²) < 4.78 is 1.85. The van der Waals surface area contributed by atoms with Crippen LogP contribution in [0.3, 0.4) is 0 Å². The van der Waals surface area contributed by atoms with Gasteiger partial charge in [-0.15, -0.1) is 0 Å². The molecule has 90 valence electrons. The van der Waals surface area contributed by atoms with Gasteiger partial charge in [-0.1, -0.05) is 0 Å². The van der Waals surface area contributed by atoms with Crippen molar-refractivity contribution >= 4 is 11.3 Å². The Kier molecular flexibility index (Phi) is 2.48. The predicted octanol–water partition coefficient (Wildman–Crippen LogP) is 0.999. The molecule has 2 aromatic heterocycles. The molecule has 0 spiro atoms. The Morgan fingerprint density at radius 1 is 1.47 bits per heavy atom. The second-order valence-corrected chi connectivity index (χ2v) is 4.61. The molecule has 1 aliphatic heterocycles. The maximum atomic E-state index is 9.73. The fourth-order valence-electron chi connectivity index (χ4n) is 2.42. The van der Waals surface area contributed by atoms with Crippen molar-refractivity contribution in [2.45, 2.75) is 25.9 Å². The van der Waals surface area contributed by atoms with Gasteiger partial charge in [0.05, 0.1) is 11.8 Å². The molecule has 1 saturated heterocycles. The van der Waals surface area contributed by atoms with Crippen LogP contribution >= 0.6 is 0 Å². The summed E-state index contributed by atoms with van der Waals surface area (Å²) in [7, 11) is 0. The molecule has 1 aliphatic rings. The van der Waals surface area contributed by atoms with Crippen molar-refractivity contribution < 1.29 is 5.11 Å². The van der Waals surface area contributed by atoms with Crippen LogP contribution in [0, 0.1) is 6.92 Å². The van der Waals surface area contributed by atoms with E-state index in [2.05, 4.69) is 15.0 Å². The van der Waals surface area contributed by atoms with Crippen LogP contribution in [0.2, 0.25) is 0 Å². The van der Waals surface area contributed by atoms with Gasteiger partial charge in [-0.3, -0.25) is 0 Å². The molecule has 0 amide bonds. The minimum atomic E-state index is -0.241. The minimum absolute atomic E-state index is 0.241. The number of nitrogens with zero attached hydrogens (tertiary/aromatic N) is 4. The van der Waals surface area contributed by atoms with Crippen molar-refractivity contribution in [3.05, 3.63) is 24.2 Å². The highest BCUT2D eigenvalue weighted by Crippen LogP contribution is 2.23. The molecule has 0 aliphatic carbocycles. The van der Waals surface area contributed by atoms with Gasteiger partial charge < -0.3 is 10.0 Å². The number of aliphatic hydroxyl groups is 1. The number of hydrogen-bond acceptors (Lipinski definition) is 4. The first-order valence-electron chi connectivity index (χ1n) is 5.98. The van der Waals surface area contributed by atoms with Crippen LogP contribution in [0.5, 0.6) is 0 Å². The Labute approximate surface area is 99.7 Å². The molecule has 0 aromatic carbocycles. The van der Waals surface area contributed by atoms with E-state index in [1.54, 1.807) is 6.20 Å². The smallest absolute Gasteiger partial charge is 0.154 e. The normalized spacial score (nSPS) is 21.1. The summed E-state index contributed by atoms with van der Waals surface area (Å²) in [6.07, 6.45) is 5.27. The average Bonchev–Trinajstić information content (AvgIpc) is 2.68. The van der Waals surface area contributed by atoms with Gasteiger partial charge in [0.1, 0.15) is 5.52 Å². The first-order valence-corrected chi connectivity index (χ1v) is 5.98. The van der Waals surface area contributed by atoms with Gasteiger partial charge in [0.2, 0.25) is 0 Å². The number of β-amino-alcohol motifs (C(OH)–C–C–N with tert-alkyl or cyclic N) is 1. The topological polar surface area (TPSA) is 53.7 Å². The summed E-state index contributed by atoms with van der Waals surface area (Å²) in [4.78, 5) is 6.58. The maximum absolute atomic E-state index is 9.73. The highest BCUT2D eigenvalue weighted by Gasteiger charge is 2.20. The number of aromatic nitrogens is 3. The molecule has 0 unspecified atom stereocenters. The molecule has 5 nitrogen and oxygen atoms in total. The summed E-state index contributed by atoms with van der Waals surface area (Å²) in [5.41, 5.74) is 2.00. The summed E-state index contributed by atoms with van der Waals surface area (Å²) >= 11 is 0. The van der Waals surface area contributed by atoms with E-state index < -0.39 is 0 Å². The van der Waals surface area contributed by atoms with Gasteiger partial charge in [-0.2, -0.15) is 5.10 Å². The molecule has 0 saturated carbocycles. The lowest BCUT2D eigenvalue weighted by molar-refractivity contribution is 0.154. The highest BCUT2D eigenvalue weighted by molar-refractivity contribution is 5.69. The highest BCUT2D eigenvalue weighted by atomic mass is 16.3. The number of aliphatic hydroxyl groups excluding tert-OH is 1. The molecule has 0 bridgehead atoms. The lowest BCUT2D eigenvalue weighted by Crippen LogP contribution is -2.38. The summed E-state index contributed by atoms with van der Waals surface area (Å²) in [6, 6.07) is 2.03. The van der Waals surface area contributed by atoms with E-state index in [1.165, 1.54) is 0 Å². The molecule has 5 heteroatoms. The van der Waals surface area contributed by atoms with Crippen LogP contribution in [0.1, 0.15) is 18.5 Å². The van der Waals surface area contributed by atoms with Crippen LogP contribution in [-0.2, 0) is 0 Å². The molecule has 1 N–H and O–H groups in total. The molecule has 1 fully saturated rings. The third-order valence-electron chi connectivity index (χ3n) is 3.19. The van der Waals surface area contributed by atoms with E-state index in [0.717, 1.165) is 36.4 Å². The predicted molar refractivity (Wildman–Crippen MR) is 65.2 cm³/mol. The molecule has 3 rings (SSSR count). The van der Waals surface area contributed by atoms with Gasteiger partial charge in [-0.05, 0) is 25.8 Å². The Morgan fingerprint density at radius 3 is 3.18 bits per heavy atom. The number of anilines is 1. The van der Waals surface area contributed by atoms with E-state index in [1.807, 2.05) is 23.7 Å². The van der Waals surface area contributed by atoms with Crippen LogP contribution < -0.4 is 4.90 Å². The maximum Gasteiger partial charge on any atom is 0.154 e. The lowest BCUT2D eigenvalue weighted by Gasteiger charge is -2.31. The summed E-state index contributed by atoms with van der Waals surface area (Å²) in [6.45, 7) is 3.59. The van der Waals surface area contributed by atoms with Crippen LogP contribution in [0.15, 0.2) is 18.5 Å². The van der Waals surface area contributed by atoms with E-state index in [0.29, 0.717) is 6.54 Å². The second kappa shape index (κ2) is 4.00. The number of aryl methyl sites for hydroxylation is 1. The molecule has 2 aromatic rings. The van der Waals surface area contributed by atoms with Gasteiger partial charge >= 0.3 is 0 Å². The summed E-state index contributed by atoms with van der Waals surface area (Å²) in [5, 5.41) is 14.1. The second-order valence-electron chi connectivity index (χ2n) is 4.61. The van der Waals surface area contributed by atoms with Crippen LogP contribution in [0.4, 0.5) is 5.82 Å². The molecule has 3 heterocycles. The fraction of sp³-hybridized carbons (Fsp3) is 0.500. The van der Waals surface area contributed by atoms with E-state index >= 15 is 0 Å². The standard InChI is InChI=1S/C12H16N4O/c1-9-7-11-12(13-4-6-16(11)14-9)15-5-2-3-10(17)8-15/h4,6-7,10,17H,2-3,5,8H2,1H3/t10-/m0/s1. The fourth-order valence-corrected chi connectivity index (χ4v) is 2.42.